The Labute approximate surface area is 198 Å². The summed E-state index contributed by atoms with van der Waals surface area (Å²) in [5, 5.41) is 0. The molecule has 2 aromatic carbocycles. The Balaban J connectivity index is 1.13. The molecule has 1 N–H and O–H groups in total. The molecular formula is C28H29N5O. The molecule has 1 aliphatic rings. The van der Waals surface area contributed by atoms with E-state index in [1.54, 1.807) is 0 Å². The summed E-state index contributed by atoms with van der Waals surface area (Å²) in [6.07, 6.45) is 6.20. The molecule has 5 aromatic rings. The van der Waals surface area contributed by atoms with Crippen molar-refractivity contribution in [3.05, 3.63) is 95.2 Å². The lowest BCUT2D eigenvalue weighted by molar-refractivity contribution is 0.185. The van der Waals surface area contributed by atoms with E-state index in [1.807, 2.05) is 41.0 Å². The Kier molecular flexibility index (Phi) is 5.51. The zero-order valence-corrected chi connectivity index (χ0v) is 19.2. The fourth-order valence-electron chi connectivity index (χ4n) is 5.42. The van der Waals surface area contributed by atoms with Crippen LogP contribution >= 0.6 is 0 Å². The Morgan fingerprint density at radius 2 is 1.68 bits per heavy atom. The van der Waals surface area contributed by atoms with Crippen LogP contribution in [0.2, 0.25) is 0 Å². The number of rotatable bonds is 6. The molecule has 4 heterocycles. The van der Waals surface area contributed by atoms with Crippen LogP contribution in [0.4, 0.5) is 0 Å². The zero-order valence-electron chi connectivity index (χ0n) is 19.2. The maximum atomic E-state index is 12.6. The zero-order chi connectivity index (χ0) is 22.9. The number of hydrogen-bond donors (Lipinski definition) is 1. The summed E-state index contributed by atoms with van der Waals surface area (Å²) in [7, 11) is 0. The second-order valence-corrected chi connectivity index (χ2v) is 9.20. The van der Waals surface area contributed by atoms with Gasteiger partial charge >= 0.3 is 5.69 Å². The molecule has 0 amide bonds. The van der Waals surface area contributed by atoms with Crippen molar-refractivity contribution in [2.75, 3.05) is 19.6 Å². The highest BCUT2D eigenvalue weighted by molar-refractivity contribution is 5.75. The van der Waals surface area contributed by atoms with Gasteiger partial charge in [0.05, 0.1) is 22.4 Å². The third-order valence-corrected chi connectivity index (χ3v) is 7.11. The fraction of sp³-hybridized carbons (Fsp3) is 0.286. The SMILES string of the molecule is O=c1[nH]c2ccccc2n1C1CCN(CCCc2c(-c3ccccc3)nc3ccccn23)CC1. The van der Waals surface area contributed by atoms with E-state index in [9.17, 15) is 4.79 Å². The minimum atomic E-state index is 0.0145. The van der Waals surface area contributed by atoms with Gasteiger partial charge in [0.2, 0.25) is 0 Å². The molecule has 6 rings (SSSR count). The van der Waals surface area contributed by atoms with Gasteiger partial charge in [-0.1, -0.05) is 48.5 Å². The van der Waals surface area contributed by atoms with Crippen LogP contribution in [0.3, 0.4) is 0 Å². The number of H-pyrrole nitrogens is 1. The van der Waals surface area contributed by atoms with Crippen LogP contribution in [-0.4, -0.2) is 43.5 Å². The molecule has 34 heavy (non-hydrogen) atoms. The van der Waals surface area contributed by atoms with Gasteiger partial charge in [0.1, 0.15) is 5.65 Å². The summed E-state index contributed by atoms with van der Waals surface area (Å²) >= 11 is 0. The highest BCUT2D eigenvalue weighted by Crippen LogP contribution is 2.27. The van der Waals surface area contributed by atoms with Crippen molar-refractivity contribution in [3.8, 4) is 11.3 Å². The molecule has 0 atom stereocenters. The van der Waals surface area contributed by atoms with Gasteiger partial charge < -0.3 is 14.3 Å². The summed E-state index contributed by atoms with van der Waals surface area (Å²) in [6.45, 7) is 3.11. The lowest BCUT2D eigenvalue weighted by Gasteiger charge is -2.32. The summed E-state index contributed by atoms with van der Waals surface area (Å²) in [6, 6.07) is 24.9. The van der Waals surface area contributed by atoms with Crippen molar-refractivity contribution in [1.82, 2.24) is 23.8 Å². The van der Waals surface area contributed by atoms with Crippen molar-refractivity contribution in [2.24, 2.45) is 0 Å². The molecule has 1 fully saturated rings. The molecule has 0 spiro atoms. The van der Waals surface area contributed by atoms with Crippen LogP contribution in [0.5, 0.6) is 0 Å². The van der Waals surface area contributed by atoms with Crippen molar-refractivity contribution in [2.45, 2.75) is 31.7 Å². The van der Waals surface area contributed by atoms with E-state index in [-0.39, 0.29) is 11.7 Å². The Morgan fingerprint density at radius 3 is 2.53 bits per heavy atom. The smallest absolute Gasteiger partial charge is 0.306 e. The molecule has 1 aliphatic heterocycles. The number of imidazole rings is 2. The number of piperidine rings is 1. The first-order chi connectivity index (χ1) is 16.8. The first-order valence-corrected chi connectivity index (χ1v) is 12.2. The van der Waals surface area contributed by atoms with Crippen molar-refractivity contribution < 1.29 is 0 Å². The van der Waals surface area contributed by atoms with Crippen LogP contribution < -0.4 is 5.69 Å². The third kappa shape index (κ3) is 3.84. The Hall–Kier alpha value is -3.64. The van der Waals surface area contributed by atoms with E-state index in [0.29, 0.717) is 0 Å². The number of fused-ring (bicyclic) bond motifs is 2. The summed E-state index contributed by atoms with van der Waals surface area (Å²) in [5.74, 6) is 0. The summed E-state index contributed by atoms with van der Waals surface area (Å²) in [5.41, 5.74) is 6.50. The van der Waals surface area contributed by atoms with E-state index in [1.165, 1.54) is 11.3 Å². The minimum Gasteiger partial charge on any atom is -0.306 e. The first-order valence-electron chi connectivity index (χ1n) is 12.2. The number of aryl methyl sites for hydroxylation is 1. The van der Waals surface area contributed by atoms with Gasteiger partial charge in [0, 0.05) is 30.9 Å². The van der Waals surface area contributed by atoms with Crippen LogP contribution in [-0.2, 0) is 6.42 Å². The standard InChI is InChI=1S/C28H29N5O/c34-28-29-23-11-4-5-12-24(23)33(28)22-15-19-31(20-16-22)17-8-13-25-27(21-9-2-1-3-10-21)30-26-14-6-7-18-32(25)26/h1-7,9-12,14,18,22H,8,13,15-17,19-20H2,(H,29,34). The molecule has 6 heteroatoms. The van der Waals surface area contributed by atoms with Crippen LogP contribution in [0.1, 0.15) is 31.0 Å². The number of benzene rings is 2. The van der Waals surface area contributed by atoms with E-state index in [2.05, 4.69) is 56.9 Å². The van der Waals surface area contributed by atoms with Gasteiger partial charge in [0.25, 0.3) is 0 Å². The molecular weight excluding hydrogens is 422 g/mol. The Morgan fingerprint density at radius 1 is 0.912 bits per heavy atom. The second-order valence-electron chi connectivity index (χ2n) is 9.20. The Bertz CT molecular complexity index is 1470. The maximum Gasteiger partial charge on any atom is 0.326 e. The number of aromatic nitrogens is 4. The molecule has 0 saturated carbocycles. The summed E-state index contributed by atoms with van der Waals surface area (Å²) in [4.78, 5) is 23.0. The molecule has 0 aliphatic carbocycles. The topological polar surface area (TPSA) is 58.3 Å². The van der Waals surface area contributed by atoms with E-state index < -0.39 is 0 Å². The number of likely N-dealkylation sites (tertiary alicyclic amines) is 1. The van der Waals surface area contributed by atoms with E-state index in [4.69, 9.17) is 4.98 Å². The number of nitrogens with one attached hydrogen (secondary N) is 1. The quantitative estimate of drug-likeness (QED) is 0.399. The number of hydrogen-bond acceptors (Lipinski definition) is 3. The van der Waals surface area contributed by atoms with Gasteiger partial charge in [-0.25, -0.2) is 9.78 Å². The lowest BCUT2D eigenvalue weighted by Crippen LogP contribution is -2.37. The van der Waals surface area contributed by atoms with E-state index in [0.717, 1.165) is 67.7 Å². The predicted molar refractivity (Wildman–Crippen MR) is 136 cm³/mol. The highest BCUT2D eigenvalue weighted by atomic mass is 16.1. The van der Waals surface area contributed by atoms with Crippen LogP contribution in [0.15, 0.2) is 83.8 Å². The fourth-order valence-corrected chi connectivity index (χ4v) is 5.42. The average Bonchev–Trinajstić information content (AvgIpc) is 3.42. The lowest BCUT2D eigenvalue weighted by atomic mass is 10.0. The molecule has 0 radical (unpaired) electrons. The number of aromatic amines is 1. The average molecular weight is 452 g/mol. The van der Waals surface area contributed by atoms with Crippen molar-refractivity contribution in [1.29, 1.82) is 0 Å². The van der Waals surface area contributed by atoms with Crippen LogP contribution in [0, 0.1) is 0 Å². The van der Waals surface area contributed by atoms with Gasteiger partial charge in [-0.2, -0.15) is 0 Å². The normalized spacial score (nSPS) is 15.4. The largest absolute Gasteiger partial charge is 0.326 e. The molecule has 0 unspecified atom stereocenters. The minimum absolute atomic E-state index is 0.0145. The van der Waals surface area contributed by atoms with Crippen LogP contribution in [0.25, 0.3) is 27.9 Å². The molecule has 3 aromatic heterocycles. The van der Waals surface area contributed by atoms with Crippen molar-refractivity contribution >= 4 is 16.7 Å². The van der Waals surface area contributed by atoms with E-state index >= 15 is 0 Å². The van der Waals surface area contributed by atoms with Gasteiger partial charge in [-0.15, -0.1) is 0 Å². The second kappa shape index (κ2) is 8.95. The predicted octanol–water partition coefficient (Wildman–Crippen LogP) is 4.91. The molecule has 172 valence electrons. The molecule has 6 nitrogen and oxygen atoms in total. The first kappa shape index (κ1) is 20.9. The number of pyridine rings is 1. The molecule has 1 saturated heterocycles. The maximum absolute atomic E-state index is 12.6. The monoisotopic (exact) mass is 451 g/mol. The van der Waals surface area contributed by atoms with Gasteiger partial charge in [-0.05, 0) is 56.5 Å². The number of para-hydroxylation sites is 2. The molecule has 0 bridgehead atoms. The number of nitrogens with zero attached hydrogens (tertiary/aromatic N) is 4. The third-order valence-electron chi connectivity index (χ3n) is 7.11. The summed E-state index contributed by atoms with van der Waals surface area (Å²) < 4.78 is 4.20. The van der Waals surface area contributed by atoms with Crippen molar-refractivity contribution in [3.63, 3.8) is 0 Å². The van der Waals surface area contributed by atoms with Gasteiger partial charge in [0.15, 0.2) is 0 Å². The van der Waals surface area contributed by atoms with Gasteiger partial charge in [-0.3, -0.25) is 4.57 Å². The highest BCUT2D eigenvalue weighted by Gasteiger charge is 2.23.